The van der Waals surface area contributed by atoms with E-state index in [2.05, 4.69) is 13.0 Å². The molecule has 0 radical (unpaired) electrons. The van der Waals surface area contributed by atoms with Crippen LogP contribution < -0.4 is 0 Å². The van der Waals surface area contributed by atoms with Crippen molar-refractivity contribution < 1.29 is 4.79 Å². The van der Waals surface area contributed by atoms with Gasteiger partial charge in [0.2, 0.25) is 0 Å². The lowest BCUT2D eigenvalue weighted by atomic mass is 10.2. The molecule has 0 aliphatic heterocycles. The summed E-state index contributed by atoms with van der Waals surface area (Å²) in [7, 11) is 0. The first kappa shape index (κ1) is 11.9. The van der Waals surface area contributed by atoms with Crippen LogP contribution in [-0.4, -0.2) is 6.29 Å². The third-order valence-corrected chi connectivity index (χ3v) is 1.63. The van der Waals surface area contributed by atoms with Gasteiger partial charge in [-0.25, -0.2) is 0 Å². The van der Waals surface area contributed by atoms with Crippen molar-refractivity contribution in [3.05, 3.63) is 36.5 Å². The molecule has 72 valence electrons. The number of hydrogen-bond donors (Lipinski definition) is 0. The predicted molar refractivity (Wildman–Crippen MR) is 57.6 cm³/mol. The summed E-state index contributed by atoms with van der Waals surface area (Å²) in [5.41, 5.74) is 0. The van der Waals surface area contributed by atoms with Crippen LogP contribution in [0, 0.1) is 0 Å². The fourth-order valence-electron chi connectivity index (χ4n) is 0.925. The molecule has 0 aromatic rings. The van der Waals surface area contributed by atoms with Crippen molar-refractivity contribution >= 4 is 6.29 Å². The Morgan fingerprint density at radius 2 is 1.62 bits per heavy atom. The molecule has 0 unspecified atom stereocenters. The second-order valence-electron chi connectivity index (χ2n) is 2.83. The predicted octanol–water partition coefficient (Wildman–Crippen LogP) is 3.43. The van der Waals surface area contributed by atoms with Gasteiger partial charge in [0.25, 0.3) is 0 Å². The van der Waals surface area contributed by atoms with Gasteiger partial charge < -0.3 is 0 Å². The van der Waals surface area contributed by atoms with Crippen LogP contribution in [0.4, 0.5) is 0 Å². The fourth-order valence-corrected chi connectivity index (χ4v) is 0.925. The second-order valence-corrected chi connectivity index (χ2v) is 2.83. The van der Waals surface area contributed by atoms with Gasteiger partial charge in [0.1, 0.15) is 6.29 Å². The van der Waals surface area contributed by atoms with Crippen molar-refractivity contribution in [1.29, 1.82) is 0 Å². The van der Waals surface area contributed by atoms with Gasteiger partial charge >= 0.3 is 0 Å². The number of rotatable bonds is 7. The molecule has 0 atom stereocenters. The summed E-state index contributed by atoms with van der Waals surface area (Å²) in [6, 6.07) is 0. The van der Waals surface area contributed by atoms with Crippen molar-refractivity contribution in [3.63, 3.8) is 0 Å². The van der Waals surface area contributed by atoms with Crippen molar-refractivity contribution in [3.8, 4) is 0 Å². The number of aldehydes is 1. The first-order chi connectivity index (χ1) is 6.41. The van der Waals surface area contributed by atoms with Gasteiger partial charge in [-0.15, -0.1) is 0 Å². The Labute approximate surface area is 80.8 Å². The second kappa shape index (κ2) is 10.9. The Hall–Kier alpha value is -1.11. The van der Waals surface area contributed by atoms with Gasteiger partial charge in [-0.2, -0.15) is 0 Å². The van der Waals surface area contributed by atoms with Crippen LogP contribution in [0.1, 0.15) is 32.6 Å². The smallest absolute Gasteiger partial charge is 0.142 e. The van der Waals surface area contributed by atoms with Crippen molar-refractivity contribution in [1.82, 2.24) is 0 Å². The van der Waals surface area contributed by atoms with Crippen LogP contribution >= 0.6 is 0 Å². The van der Waals surface area contributed by atoms with E-state index in [0.29, 0.717) is 0 Å². The van der Waals surface area contributed by atoms with E-state index in [1.165, 1.54) is 25.3 Å². The molecule has 13 heavy (non-hydrogen) atoms. The molecule has 0 N–H and O–H groups in total. The zero-order valence-corrected chi connectivity index (χ0v) is 8.28. The lowest BCUT2D eigenvalue weighted by molar-refractivity contribution is -0.104. The van der Waals surface area contributed by atoms with E-state index < -0.39 is 0 Å². The number of carbonyl (C=O) groups is 1. The van der Waals surface area contributed by atoms with Gasteiger partial charge in [-0.3, -0.25) is 4.79 Å². The standard InChI is InChI=1S/C12H18O/c1-2-3-4-5-6-7-8-9-10-11-12-13/h6-12H,2-5H2,1H3/b7-6+,9-8+,11-10+. The van der Waals surface area contributed by atoms with Crippen LogP contribution in [0.5, 0.6) is 0 Å². The maximum absolute atomic E-state index is 9.87. The maximum atomic E-state index is 9.87. The topological polar surface area (TPSA) is 17.1 Å². The van der Waals surface area contributed by atoms with Crippen molar-refractivity contribution in [2.45, 2.75) is 32.6 Å². The molecule has 0 rings (SSSR count). The summed E-state index contributed by atoms with van der Waals surface area (Å²) < 4.78 is 0. The average molecular weight is 178 g/mol. The van der Waals surface area contributed by atoms with E-state index in [9.17, 15) is 4.79 Å². The Bertz CT molecular complexity index is 187. The number of hydrogen-bond acceptors (Lipinski definition) is 1. The SMILES string of the molecule is CCCCC/C=C/C=C/C=C/C=O. The van der Waals surface area contributed by atoms with Crippen molar-refractivity contribution in [2.75, 3.05) is 0 Å². The molecular formula is C12H18O. The van der Waals surface area contributed by atoms with Gasteiger partial charge in [0.15, 0.2) is 0 Å². The molecule has 0 aromatic carbocycles. The first-order valence-corrected chi connectivity index (χ1v) is 4.85. The summed E-state index contributed by atoms with van der Waals surface area (Å²) in [5.74, 6) is 0. The minimum Gasteiger partial charge on any atom is -0.299 e. The summed E-state index contributed by atoms with van der Waals surface area (Å²) >= 11 is 0. The van der Waals surface area contributed by atoms with Gasteiger partial charge in [-0.1, -0.05) is 50.1 Å². The van der Waals surface area contributed by atoms with E-state index in [0.717, 1.165) is 12.7 Å². The van der Waals surface area contributed by atoms with Crippen molar-refractivity contribution in [2.24, 2.45) is 0 Å². The highest BCUT2D eigenvalue weighted by atomic mass is 16.1. The molecule has 0 aliphatic rings. The normalized spacial score (nSPS) is 12.1. The molecule has 1 heteroatoms. The highest BCUT2D eigenvalue weighted by Gasteiger charge is 1.79. The molecule has 0 aromatic heterocycles. The highest BCUT2D eigenvalue weighted by molar-refractivity contribution is 5.65. The van der Waals surface area contributed by atoms with Crippen LogP contribution in [0.3, 0.4) is 0 Å². The monoisotopic (exact) mass is 178 g/mol. The molecule has 0 saturated carbocycles. The molecule has 0 spiro atoms. The van der Waals surface area contributed by atoms with Gasteiger partial charge in [-0.05, 0) is 18.9 Å². The average Bonchev–Trinajstić information content (AvgIpc) is 2.16. The lowest BCUT2D eigenvalue weighted by Crippen LogP contribution is -1.69. The Kier molecular flexibility index (Phi) is 9.96. The first-order valence-electron chi connectivity index (χ1n) is 4.85. The molecule has 0 fully saturated rings. The summed E-state index contributed by atoms with van der Waals surface area (Å²) in [5, 5.41) is 0. The van der Waals surface area contributed by atoms with E-state index in [4.69, 9.17) is 0 Å². The van der Waals surface area contributed by atoms with Crippen LogP contribution in [0.15, 0.2) is 36.5 Å². The van der Waals surface area contributed by atoms with E-state index in [-0.39, 0.29) is 0 Å². The Morgan fingerprint density at radius 3 is 2.31 bits per heavy atom. The zero-order chi connectivity index (χ0) is 9.78. The van der Waals surface area contributed by atoms with Crippen LogP contribution in [-0.2, 0) is 4.79 Å². The van der Waals surface area contributed by atoms with Crippen LogP contribution in [0.2, 0.25) is 0 Å². The Balaban J connectivity index is 3.34. The minimum absolute atomic E-state index is 0.773. The molecular weight excluding hydrogens is 160 g/mol. The molecule has 0 heterocycles. The molecule has 0 aliphatic carbocycles. The van der Waals surface area contributed by atoms with Crippen LogP contribution in [0.25, 0.3) is 0 Å². The fraction of sp³-hybridized carbons (Fsp3) is 0.417. The zero-order valence-electron chi connectivity index (χ0n) is 8.28. The number of allylic oxidation sites excluding steroid dienone is 6. The highest BCUT2D eigenvalue weighted by Crippen LogP contribution is 1.99. The lowest BCUT2D eigenvalue weighted by Gasteiger charge is -1.89. The van der Waals surface area contributed by atoms with E-state index >= 15 is 0 Å². The summed E-state index contributed by atoms with van der Waals surface area (Å²) in [6.45, 7) is 2.20. The number of carbonyl (C=O) groups excluding carboxylic acids is 1. The quantitative estimate of drug-likeness (QED) is 0.252. The third kappa shape index (κ3) is 10.9. The van der Waals surface area contributed by atoms with E-state index in [1.54, 1.807) is 6.08 Å². The Morgan fingerprint density at radius 1 is 0.923 bits per heavy atom. The largest absolute Gasteiger partial charge is 0.299 e. The molecule has 1 nitrogen and oxygen atoms in total. The summed E-state index contributed by atoms with van der Waals surface area (Å²) in [6.07, 6.45) is 16.9. The maximum Gasteiger partial charge on any atom is 0.142 e. The summed E-state index contributed by atoms with van der Waals surface area (Å²) in [4.78, 5) is 9.87. The molecule has 0 bridgehead atoms. The van der Waals surface area contributed by atoms with Gasteiger partial charge in [0.05, 0.1) is 0 Å². The molecule has 0 saturated heterocycles. The molecule has 0 amide bonds. The third-order valence-electron chi connectivity index (χ3n) is 1.63. The number of unbranched alkanes of at least 4 members (excludes halogenated alkanes) is 3. The van der Waals surface area contributed by atoms with E-state index in [1.807, 2.05) is 18.2 Å². The minimum atomic E-state index is 0.773. The van der Waals surface area contributed by atoms with Gasteiger partial charge in [0, 0.05) is 0 Å².